The first-order chi connectivity index (χ1) is 13.1. The smallest absolute Gasteiger partial charge is 0.410 e. The highest BCUT2D eigenvalue weighted by atomic mass is 19.1. The number of piperidine rings is 1. The van der Waals surface area contributed by atoms with E-state index in [1.807, 2.05) is 0 Å². The van der Waals surface area contributed by atoms with E-state index in [9.17, 15) is 18.8 Å². The standard InChI is InChI=1S/C20H27FN2O5/c1-20(2,3)28-19(26)23-10-8-15(9-11-23)18(25)27-13-17(24)22-12-14-4-6-16(21)7-5-14/h4-7,15H,8-13H2,1-3H3,(H,22,24). The van der Waals surface area contributed by atoms with Gasteiger partial charge in [0.1, 0.15) is 11.4 Å². The van der Waals surface area contributed by atoms with Crippen molar-refractivity contribution in [2.75, 3.05) is 19.7 Å². The number of halogens is 1. The van der Waals surface area contributed by atoms with E-state index in [4.69, 9.17) is 9.47 Å². The molecule has 1 saturated heterocycles. The Hall–Kier alpha value is -2.64. The second-order valence-electron chi connectivity index (χ2n) is 7.75. The number of carbonyl (C=O) groups excluding carboxylic acids is 3. The van der Waals surface area contributed by atoms with Crippen LogP contribution in [0.4, 0.5) is 9.18 Å². The van der Waals surface area contributed by atoms with Crippen LogP contribution in [-0.2, 0) is 25.6 Å². The zero-order valence-corrected chi connectivity index (χ0v) is 16.5. The molecule has 0 atom stereocenters. The van der Waals surface area contributed by atoms with Crippen molar-refractivity contribution in [2.24, 2.45) is 5.92 Å². The molecule has 0 radical (unpaired) electrons. The highest BCUT2D eigenvalue weighted by Gasteiger charge is 2.30. The molecular weight excluding hydrogens is 367 g/mol. The van der Waals surface area contributed by atoms with Gasteiger partial charge in [-0.15, -0.1) is 0 Å². The zero-order chi connectivity index (χ0) is 20.7. The Morgan fingerprint density at radius 3 is 2.32 bits per heavy atom. The van der Waals surface area contributed by atoms with Crippen LogP contribution in [0.3, 0.4) is 0 Å². The second kappa shape index (κ2) is 9.52. The van der Waals surface area contributed by atoms with Crippen molar-refractivity contribution >= 4 is 18.0 Å². The lowest BCUT2D eigenvalue weighted by molar-refractivity contribution is -0.154. The molecule has 1 aromatic carbocycles. The van der Waals surface area contributed by atoms with Crippen LogP contribution >= 0.6 is 0 Å². The third kappa shape index (κ3) is 7.17. The van der Waals surface area contributed by atoms with E-state index in [-0.39, 0.29) is 31.0 Å². The third-order valence-corrected chi connectivity index (χ3v) is 4.23. The molecule has 1 fully saturated rings. The van der Waals surface area contributed by atoms with Crippen LogP contribution in [0.1, 0.15) is 39.2 Å². The zero-order valence-electron chi connectivity index (χ0n) is 16.5. The minimum absolute atomic E-state index is 0.227. The molecule has 1 aliphatic rings. The second-order valence-corrected chi connectivity index (χ2v) is 7.75. The van der Waals surface area contributed by atoms with Gasteiger partial charge in [0.05, 0.1) is 5.92 Å². The van der Waals surface area contributed by atoms with Crippen molar-refractivity contribution < 1.29 is 28.2 Å². The van der Waals surface area contributed by atoms with Gasteiger partial charge in [-0.3, -0.25) is 9.59 Å². The number of hydrogen-bond donors (Lipinski definition) is 1. The summed E-state index contributed by atoms with van der Waals surface area (Å²) in [6.07, 6.45) is 0.546. The largest absolute Gasteiger partial charge is 0.455 e. The van der Waals surface area contributed by atoms with Gasteiger partial charge < -0.3 is 19.7 Å². The van der Waals surface area contributed by atoms with E-state index in [0.717, 1.165) is 5.56 Å². The Labute approximate surface area is 164 Å². The Morgan fingerprint density at radius 2 is 1.75 bits per heavy atom. The molecule has 2 amide bonds. The summed E-state index contributed by atoms with van der Waals surface area (Å²) in [6, 6.07) is 5.76. The maximum absolute atomic E-state index is 12.8. The highest BCUT2D eigenvalue weighted by Crippen LogP contribution is 2.20. The molecule has 0 unspecified atom stereocenters. The molecule has 1 aromatic rings. The number of nitrogens with zero attached hydrogens (tertiary/aromatic N) is 1. The minimum Gasteiger partial charge on any atom is -0.455 e. The molecule has 8 heteroatoms. The van der Waals surface area contributed by atoms with Gasteiger partial charge in [-0.1, -0.05) is 12.1 Å². The molecule has 28 heavy (non-hydrogen) atoms. The average Bonchev–Trinajstić information content (AvgIpc) is 2.64. The fraction of sp³-hybridized carbons (Fsp3) is 0.550. The lowest BCUT2D eigenvalue weighted by atomic mass is 9.97. The van der Waals surface area contributed by atoms with Crippen LogP contribution in [0, 0.1) is 11.7 Å². The number of ether oxygens (including phenoxy) is 2. The van der Waals surface area contributed by atoms with Crippen molar-refractivity contribution in [1.82, 2.24) is 10.2 Å². The number of benzene rings is 1. The number of hydrogen-bond acceptors (Lipinski definition) is 5. The van der Waals surface area contributed by atoms with Crippen LogP contribution < -0.4 is 5.32 Å². The minimum atomic E-state index is -0.561. The maximum atomic E-state index is 12.8. The van der Waals surface area contributed by atoms with Crippen LogP contribution in [0.25, 0.3) is 0 Å². The first-order valence-electron chi connectivity index (χ1n) is 9.30. The average molecular weight is 394 g/mol. The van der Waals surface area contributed by atoms with E-state index >= 15 is 0 Å². The SMILES string of the molecule is CC(C)(C)OC(=O)N1CCC(C(=O)OCC(=O)NCc2ccc(F)cc2)CC1. The van der Waals surface area contributed by atoms with Gasteiger partial charge in [-0.25, -0.2) is 9.18 Å². The molecule has 1 heterocycles. The summed E-state index contributed by atoms with van der Waals surface area (Å²) in [5.74, 6) is -1.56. The molecule has 2 rings (SSSR count). The number of likely N-dealkylation sites (tertiary alicyclic amines) is 1. The van der Waals surface area contributed by atoms with E-state index in [0.29, 0.717) is 25.9 Å². The van der Waals surface area contributed by atoms with Gasteiger partial charge in [0.25, 0.3) is 5.91 Å². The maximum Gasteiger partial charge on any atom is 0.410 e. The predicted molar refractivity (Wildman–Crippen MR) is 99.7 cm³/mol. The van der Waals surface area contributed by atoms with Gasteiger partial charge in [-0.2, -0.15) is 0 Å². The molecule has 0 aliphatic carbocycles. The van der Waals surface area contributed by atoms with Crippen molar-refractivity contribution in [1.29, 1.82) is 0 Å². The monoisotopic (exact) mass is 394 g/mol. The third-order valence-electron chi connectivity index (χ3n) is 4.23. The summed E-state index contributed by atoms with van der Waals surface area (Å²) < 4.78 is 23.2. The highest BCUT2D eigenvalue weighted by molar-refractivity contribution is 5.81. The van der Waals surface area contributed by atoms with Gasteiger partial charge in [0, 0.05) is 19.6 Å². The lowest BCUT2D eigenvalue weighted by Gasteiger charge is -2.32. The summed E-state index contributed by atoms with van der Waals surface area (Å²) in [4.78, 5) is 37.6. The summed E-state index contributed by atoms with van der Waals surface area (Å²) in [7, 11) is 0. The number of carbonyl (C=O) groups is 3. The van der Waals surface area contributed by atoms with Crippen LogP contribution in [0.2, 0.25) is 0 Å². The number of amides is 2. The molecule has 154 valence electrons. The normalized spacial score (nSPS) is 15.1. The number of esters is 1. The van der Waals surface area contributed by atoms with Gasteiger partial charge in [-0.05, 0) is 51.3 Å². The van der Waals surface area contributed by atoms with Crippen LogP contribution in [0.15, 0.2) is 24.3 Å². The van der Waals surface area contributed by atoms with Crippen molar-refractivity contribution in [3.05, 3.63) is 35.6 Å². The van der Waals surface area contributed by atoms with Gasteiger partial charge in [0.2, 0.25) is 0 Å². The van der Waals surface area contributed by atoms with E-state index in [1.165, 1.54) is 12.1 Å². The summed E-state index contributed by atoms with van der Waals surface area (Å²) in [5.41, 5.74) is 0.185. The molecule has 0 spiro atoms. The van der Waals surface area contributed by atoms with E-state index < -0.39 is 17.5 Å². The Balaban J connectivity index is 1.67. The van der Waals surface area contributed by atoms with E-state index in [2.05, 4.69) is 5.32 Å². The van der Waals surface area contributed by atoms with Crippen molar-refractivity contribution in [3.63, 3.8) is 0 Å². The summed E-state index contributed by atoms with van der Waals surface area (Å²) in [5, 5.41) is 2.61. The molecule has 1 N–H and O–H groups in total. The predicted octanol–water partition coefficient (Wildman–Crippen LogP) is 2.63. The molecule has 7 nitrogen and oxygen atoms in total. The summed E-state index contributed by atoms with van der Waals surface area (Å²) >= 11 is 0. The topological polar surface area (TPSA) is 84.9 Å². The van der Waals surface area contributed by atoms with Gasteiger partial charge in [0.15, 0.2) is 6.61 Å². The van der Waals surface area contributed by atoms with Crippen molar-refractivity contribution in [3.8, 4) is 0 Å². The quantitative estimate of drug-likeness (QED) is 0.776. The molecule has 1 aliphatic heterocycles. The van der Waals surface area contributed by atoms with E-state index in [1.54, 1.807) is 37.8 Å². The van der Waals surface area contributed by atoms with Gasteiger partial charge >= 0.3 is 12.1 Å². The Bertz CT molecular complexity index is 692. The van der Waals surface area contributed by atoms with Crippen molar-refractivity contribution in [2.45, 2.75) is 45.8 Å². The molecule has 0 saturated carbocycles. The Kier molecular flexibility index (Phi) is 7.37. The van der Waals surface area contributed by atoms with Crippen LogP contribution in [-0.4, -0.2) is 48.2 Å². The molecular formula is C20H27FN2O5. The molecule has 0 aromatic heterocycles. The Morgan fingerprint density at radius 1 is 1.14 bits per heavy atom. The lowest BCUT2D eigenvalue weighted by Crippen LogP contribution is -2.43. The first kappa shape index (κ1) is 21.7. The molecule has 0 bridgehead atoms. The fourth-order valence-corrected chi connectivity index (χ4v) is 2.73. The number of rotatable bonds is 5. The fourth-order valence-electron chi connectivity index (χ4n) is 2.73. The first-order valence-corrected chi connectivity index (χ1v) is 9.30. The van der Waals surface area contributed by atoms with Crippen LogP contribution in [0.5, 0.6) is 0 Å². The summed E-state index contributed by atoms with van der Waals surface area (Å²) in [6.45, 7) is 6.08. The number of nitrogens with one attached hydrogen (secondary N) is 1.